The molecule has 0 radical (unpaired) electrons. The fraction of sp³-hybridized carbons (Fsp3) is 0.364. The van der Waals surface area contributed by atoms with Crippen LogP contribution in [0.15, 0.2) is 42.7 Å². The molecule has 5 nitrogen and oxygen atoms in total. The minimum absolute atomic E-state index is 0.327. The van der Waals surface area contributed by atoms with E-state index in [1.807, 2.05) is 35.3 Å². The smallest absolute Gasteiger partial charge is 0.153 e. The quantitative estimate of drug-likeness (QED) is 0.744. The highest BCUT2D eigenvalue weighted by molar-refractivity contribution is 5.43. The van der Waals surface area contributed by atoms with Crippen molar-refractivity contribution in [3.8, 4) is 11.6 Å². The van der Waals surface area contributed by atoms with Crippen molar-refractivity contribution in [2.24, 2.45) is 0 Å². The van der Waals surface area contributed by atoms with Crippen LogP contribution in [0.3, 0.4) is 0 Å². The highest BCUT2D eigenvalue weighted by Gasteiger charge is 2.25. The van der Waals surface area contributed by atoms with Crippen LogP contribution in [-0.4, -0.2) is 21.9 Å². The number of hydrogen-bond acceptors (Lipinski definition) is 4. The number of hydrogen-bond donors (Lipinski definition) is 1. The summed E-state index contributed by atoms with van der Waals surface area (Å²) in [4.78, 5) is 4.45. The van der Waals surface area contributed by atoms with Crippen LogP contribution >= 0.6 is 0 Å². The van der Waals surface area contributed by atoms with Crippen LogP contribution in [-0.2, 0) is 13.0 Å². The lowest BCUT2D eigenvalue weighted by Crippen LogP contribution is -2.25. The Kier molecular flexibility index (Phi) is 4.94. The van der Waals surface area contributed by atoms with E-state index in [1.165, 1.54) is 27.9 Å². The molecular weight excluding hydrogens is 336 g/mol. The summed E-state index contributed by atoms with van der Waals surface area (Å²) in [6, 6.07) is 10.5. The minimum Gasteiger partial charge on any atom is -0.496 e. The van der Waals surface area contributed by atoms with Gasteiger partial charge in [-0.1, -0.05) is 12.1 Å². The number of nitrogens with one attached hydrogen (secondary N) is 1. The van der Waals surface area contributed by atoms with E-state index < -0.39 is 0 Å². The van der Waals surface area contributed by atoms with Crippen molar-refractivity contribution >= 4 is 0 Å². The summed E-state index contributed by atoms with van der Waals surface area (Å²) in [5.74, 6) is 1.84. The molecular formula is C22H26N4O. The number of methoxy groups -OCH3 is 1. The highest BCUT2D eigenvalue weighted by atomic mass is 16.5. The first-order chi connectivity index (χ1) is 13.2. The molecule has 1 N–H and O–H groups in total. The Morgan fingerprint density at radius 2 is 2.07 bits per heavy atom. The van der Waals surface area contributed by atoms with Gasteiger partial charge in [0.2, 0.25) is 0 Å². The summed E-state index contributed by atoms with van der Waals surface area (Å²) in [5.41, 5.74) is 6.40. The molecule has 0 bridgehead atoms. The van der Waals surface area contributed by atoms with E-state index in [2.05, 4.69) is 41.4 Å². The number of aromatic nitrogens is 3. The average Bonchev–Trinajstić information content (AvgIpc) is 3.14. The van der Waals surface area contributed by atoms with E-state index in [4.69, 9.17) is 4.74 Å². The highest BCUT2D eigenvalue weighted by Crippen LogP contribution is 2.31. The Morgan fingerprint density at radius 1 is 1.19 bits per heavy atom. The number of rotatable bonds is 5. The van der Waals surface area contributed by atoms with Gasteiger partial charge in [0, 0.05) is 24.3 Å². The molecule has 0 amide bonds. The predicted octanol–water partition coefficient (Wildman–Crippen LogP) is 4.06. The van der Waals surface area contributed by atoms with Gasteiger partial charge in [0.25, 0.3) is 0 Å². The molecule has 3 aromatic rings. The Balaban J connectivity index is 1.55. The zero-order valence-corrected chi connectivity index (χ0v) is 16.2. The number of nitrogens with zero attached hydrogens (tertiary/aromatic N) is 3. The van der Waals surface area contributed by atoms with Crippen molar-refractivity contribution < 1.29 is 4.74 Å². The fourth-order valence-electron chi connectivity index (χ4n) is 3.94. The van der Waals surface area contributed by atoms with Crippen LogP contribution in [0.5, 0.6) is 5.75 Å². The van der Waals surface area contributed by atoms with Gasteiger partial charge in [-0.05, 0) is 68.0 Å². The fourth-order valence-corrected chi connectivity index (χ4v) is 3.94. The summed E-state index contributed by atoms with van der Waals surface area (Å²) >= 11 is 0. The summed E-state index contributed by atoms with van der Waals surface area (Å²) in [5, 5.41) is 8.38. The van der Waals surface area contributed by atoms with Crippen molar-refractivity contribution in [1.29, 1.82) is 0 Å². The second-order valence-electron chi connectivity index (χ2n) is 7.15. The maximum atomic E-state index is 5.43. The van der Waals surface area contributed by atoms with Gasteiger partial charge in [0.05, 0.1) is 19.0 Å². The zero-order valence-electron chi connectivity index (χ0n) is 16.2. The number of pyridine rings is 1. The predicted molar refractivity (Wildman–Crippen MR) is 106 cm³/mol. The third-order valence-electron chi connectivity index (χ3n) is 5.66. The first-order valence-corrected chi connectivity index (χ1v) is 9.53. The Morgan fingerprint density at radius 3 is 2.85 bits per heavy atom. The van der Waals surface area contributed by atoms with Gasteiger partial charge in [-0.3, -0.25) is 0 Å². The Bertz CT molecular complexity index is 933. The monoisotopic (exact) mass is 362 g/mol. The van der Waals surface area contributed by atoms with Gasteiger partial charge in [0.1, 0.15) is 5.75 Å². The molecule has 1 aliphatic carbocycles. The molecule has 5 heteroatoms. The summed E-state index contributed by atoms with van der Waals surface area (Å²) in [6.45, 7) is 5.13. The lowest BCUT2D eigenvalue weighted by atomic mass is 9.92. The van der Waals surface area contributed by atoms with Crippen LogP contribution in [0.2, 0.25) is 0 Å². The van der Waals surface area contributed by atoms with Gasteiger partial charge in [0.15, 0.2) is 5.82 Å². The standard InChI is InChI=1S/C22H26N4O/c1-15-16(2)21(27-3)11-10-17(15)13-24-19-7-6-8-20-18(19)14-25-26(20)22-9-4-5-12-23-22/h4-5,9-12,14,19,24H,6-8,13H2,1-3H3/t19-/m1/s1. The van der Waals surface area contributed by atoms with Crippen LogP contribution in [0.25, 0.3) is 5.82 Å². The number of benzene rings is 1. The van der Waals surface area contributed by atoms with E-state index in [-0.39, 0.29) is 0 Å². The van der Waals surface area contributed by atoms with E-state index >= 15 is 0 Å². The molecule has 2 aromatic heterocycles. The normalized spacial score (nSPS) is 16.2. The molecule has 1 aliphatic rings. The van der Waals surface area contributed by atoms with E-state index in [1.54, 1.807) is 7.11 Å². The third-order valence-corrected chi connectivity index (χ3v) is 5.66. The zero-order chi connectivity index (χ0) is 18.8. The summed E-state index contributed by atoms with van der Waals surface area (Å²) in [7, 11) is 1.72. The lowest BCUT2D eigenvalue weighted by Gasteiger charge is -2.25. The maximum Gasteiger partial charge on any atom is 0.153 e. The van der Waals surface area contributed by atoms with Crippen LogP contribution < -0.4 is 10.1 Å². The molecule has 0 unspecified atom stereocenters. The second-order valence-corrected chi connectivity index (χ2v) is 7.15. The first kappa shape index (κ1) is 17.7. The first-order valence-electron chi connectivity index (χ1n) is 9.53. The van der Waals surface area contributed by atoms with Gasteiger partial charge in [-0.15, -0.1) is 0 Å². The molecule has 1 atom stereocenters. The van der Waals surface area contributed by atoms with Crippen molar-refractivity contribution in [3.05, 3.63) is 70.7 Å². The van der Waals surface area contributed by atoms with Crippen molar-refractivity contribution in [2.45, 2.75) is 45.7 Å². The molecule has 0 fully saturated rings. The maximum absolute atomic E-state index is 5.43. The van der Waals surface area contributed by atoms with Gasteiger partial charge < -0.3 is 10.1 Å². The van der Waals surface area contributed by atoms with Crippen molar-refractivity contribution in [3.63, 3.8) is 0 Å². The van der Waals surface area contributed by atoms with Gasteiger partial charge in [-0.25, -0.2) is 9.67 Å². The topological polar surface area (TPSA) is 52.0 Å². The number of fused-ring (bicyclic) bond motifs is 1. The van der Waals surface area contributed by atoms with E-state index in [9.17, 15) is 0 Å². The van der Waals surface area contributed by atoms with E-state index in [0.717, 1.165) is 37.4 Å². The van der Waals surface area contributed by atoms with Crippen molar-refractivity contribution in [1.82, 2.24) is 20.1 Å². The minimum atomic E-state index is 0.327. The molecule has 1 aromatic carbocycles. The average molecular weight is 362 g/mol. The molecule has 0 spiro atoms. The SMILES string of the molecule is COc1ccc(CN[C@@H]2CCCc3c2cnn3-c2ccccn2)c(C)c1C. The molecule has 27 heavy (non-hydrogen) atoms. The Labute approximate surface area is 160 Å². The summed E-state index contributed by atoms with van der Waals surface area (Å²) < 4.78 is 7.42. The molecule has 140 valence electrons. The molecule has 0 saturated carbocycles. The van der Waals surface area contributed by atoms with Crippen molar-refractivity contribution in [2.75, 3.05) is 7.11 Å². The molecule has 2 heterocycles. The summed E-state index contributed by atoms with van der Waals surface area (Å²) in [6.07, 6.45) is 7.16. The van der Waals surface area contributed by atoms with E-state index in [0.29, 0.717) is 6.04 Å². The van der Waals surface area contributed by atoms with Crippen LogP contribution in [0, 0.1) is 13.8 Å². The number of ether oxygens (including phenoxy) is 1. The molecule has 0 saturated heterocycles. The second kappa shape index (κ2) is 7.53. The Hall–Kier alpha value is -2.66. The van der Waals surface area contributed by atoms with Gasteiger partial charge in [-0.2, -0.15) is 5.10 Å². The molecule has 4 rings (SSSR count). The van der Waals surface area contributed by atoms with Crippen LogP contribution in [0.4, 0.5) is 0 Å². The largest absolute Gasteiger partial charge is 0.496 e. The lowest BCUT2D eigenvalue weighted by molar-refractivity contribution is 0.410. The van der Waals surface area contributed by atoms with Gasteiger partial charge >= 0.3 is 0 Å². The third kappa shape index (κ3) is 3.35. The van der Waals surface area contributed by atoms with Crippen LogP contribution in [0.1, 0.15) is 46.8 Å². The molecule has 0 aliphatic heterocycles.